The molecule has 1 atom stereocenters. The first-order valence-electron chi connectivity index (χ1n) is 5.08. The van der Waals surface area contributed by atoms with Crippen LogP contribution in [0, 0.1) is 0 Å². The molecule has 92 valence electrons. The molecule has 0 radical (unpaired) electrons. The van der Waals surface area contributed by atoms with Crippen LogP contribution in [0.25, 0.3) is 0 Å². The Bertz CT molecular complexity index is 384. The molecule has 0 aromatic carbocycles. The van der Waals surface area contributed by atoms with Gasteiger partial charge in [0.25, 0.3) is 0 Å². The Morgan fingerprint density at radius 1 is 1.53 bits per heavy atom. The van der Waals surface area contributed by atoms with Gasteiger partial charge in [-0.1, -0.05) is 6.07 Å². The summed E-state index contributed by atoms with van der Waals surface area (Å²) in [6, 6.07) is 3.56. The van der Waals surface area contributed by atoms with Crippen molar-refractivity contribution in [3.05, 3.63) is 30.1 Å². The Morgan fingerprint density at radius 2 is 2.29 bits per heavy atom. The number of nitrogens with zero attached hydrogens (tertiary/aromatic N) is 1. The van der Waals surface area contributed by atoms with Gasteiger partial charge in [0.15, 0.2) is 0 Å². The number of carbonyl (C=O) groups excluding carboxylic acids is 1. The molecule has 1 aromatic heterocycles. The molecule has 1 heterocycles. The van der Waals surface area contributed by atoms with E-state index in [1.807, 2.05) is 13.0 Å². The minimum absolute atomic E-state index is 0.0608. The number of pyridine rings is 1. The molecule has 1 amide bonds. The van der Waals surface area contributed by atoms with Crippen molar-refractivity contribution in [1.29, 1.82) is 0 Å². The maximum Gasteiger partial charge on any atom is 0.313 e. The van der Waals surface area contributed by atoms with Gasteiger partial charge >= 0.3 is 5.97 Å². The van der Waals surface area contributed by atoms with Crippen molar-refractivity contribution < 1.29 is 14.7 Å². The Hall–Kier alpha value is -1.56. The first-order chi connectivity index (χ1) is 8.09. The van der Waals surface area contributed by atoms with Crippen molar-refractivity contribution in [2.45, 2.75) is 13.0 Å². The standard InChI is InChI=1S/C11H14N2O3S/c1-8(9-3-2-4-12-5-9)13-10(14)6-17-7-11(15)16/h2-5,8H,6-7H2,1H3,(H,13,14)(H,15,16). The number of hydrogen-bond donors (Lipinski definition) is 2. The van der Waals surface area contributed by atoms with Crippen molar-refractivity contribution in [2.24, 2.45) is 0 Å². The summed E-state index contributed by atoms with van der Waals surface area (Å²) >= 11 is 1.08. The Kier molecular flexibility index (Phi) is 5.48. The lowest BCUT2D eigenvalue weighted by atomic mass is 10.1. The van der Waals surface area contributed by atoms with Crippen molar-refractivity contribution in [3.8, 4) is 0 Å². The van der Waals surface area contributed by atoms with Crippen LogP contribution in [0.4, 0.5) is 0 Å². The molecular weight excluding hydrogens is 240 g/mol. The van der Waals surface area contributed by atoms with Crippen LogP contribution in [-0.4, -0.2) is 33.5 Å². The number of carboxylic acids is 1. The van der Waals surface area contributed by atoms with E-state index in [0.717, 1.165) is 17.3 Å². The lowest BCUT2D eigenvalue weighted by molar-refractivity contribution is -0.133. The van der Waals surface area contributed by atoms with Crippen molar-refractivity contribution in [1.82, 2.24) is 10.3 Å². The minimum atomic E-state index is -0.914. The number of carboxylic acid groups (broad SMARTS) is 1. The summed E-state index contributed by atoms with van der Waals surface area (Å²) in [7, 11) is 0. The largest absolute Gasteiger partial charge is 0.481 e. The molecule has 5 nitrogen and oxygen atoms in total. The SMILES string of the molecule is CC(NC(=O)CSCC(=O)O)c1cccnc1. The third-order valence-electron chi connectivity index (χ3n) is 2.02. The maximum absolute atomic E-state index is 11.5. The number of rotatable bonds is 6. The third-order valence-corrected chi connectivity index (χ3v) is 2.94. The van der Waals surface area contributed by atoms with E-state index in [9.17, 15) is 9.59 Å². The van der Waals surface area contributed by atoms with Crippen LogP contribution in [0.1, 0.15) is 18.5 Å². The molecule has 1 rings (SSSR count). The van der Waals surface area contributed by atoms with Gasteiger partial charge in [0, 0.05) is 12.4 Å². The van der Waals surface area contributed by atoms with E-state index in [1.165, 1.54) is 0 Å². The number of thioether (sulfide) groups is 1. The van der Waals surface area contributed by atoms with Gasteiger partial charge in [-0.05, 0) is 18.6 Å². The molecule has 0 spiro atoms. The van der Waals surface area contributed by atoms with Gasteiger partial charge in [0.1, 0.15) is 0 Å². The zero-order valence-corrected chi connectivity index (χ0v) is 10.2. The van der Waals surface area contributed by atoms with Crippen LogP contribution in [0.15, 0.2) is 24.5 Å². The predicted octanol–water partition coefficient (Wildman–Crippen LogP) is 1.08. The maximum atomic E-state index is 11.5. The van der Waals surface area contributed by atoms with Crippen LogP contribution < -0.4 is 5.32 Å². The molecule has 0 saturated heterocycles. The van der Waals surface area contributed by atoms with Crippen molar-refractivity contribution >= 4 is 23.6 Å². The Morgan fingerprint density at radius 3 is 2.88 bits per heavy atom. The number of aliphatic carboxylic acids is 1. The second kappa shape index (κ2) is 6.90. The fraction of sp³-hybridized carbons (Fsp3) is 0.364. The monoisotopic (exact) mass is 254 g/mol. The first-order valence-corrected chi connectivity index (χ1v) is 6.24. The third kappa shape index (κ3) is 5.35. The first kappa shape index (κ1) is 13.5. The van der Waals surface area contributed by atoms with Gasteiger partial charge < -0.3 is 10.4 Å². The summed E-state index contributed by atoms with van der Waals surface area (Å²) in [4.78, 5) is 25.7. The molecule has 1 aromatic rings. The highest BCUT2D eigenvalue weighted by molar-refractivity contribution is 8.00. The summed E-state index contributed by atoms with van der Waals surface area (Å²) in [6.07, 6.45) is 3.36. The van der Waals surface area contributed by atoms with Gasteiger partial charge in [-0.15, -0.1) is 11.8 Å². The summed E-state index contributed by atoms with van der Waals surface area (Å²) in [5, 5.41) is 11.2. The lowest BCUT2D eigenvalue weighted by Crippen LogP contribution is -2.28. The molecule has 0 bridgehead atoms. The van der Waals surface area contributed by atoms with E-state index in [4.69, 9.17) is 5.11 Å². The number of nitrogens with one attached hydrogen (secondary N) is 1. The Labute approximate surface area is 104 Å². The van der Waals surface area contributed by atoms with Gasteiger partial charge in [-0.2, -0.15) is 0 Å². The van der Waals surface area contributed by atoms with E-state index >= 15 is 0 Å². The second-order valence-electron chi connectivity index (χ2n) is 3.46. The second-order valence-corrected chi connectivity index (χ2v) is 4.45. The van der Waals surface area contributed by atoms with Crippen LogP contribution >= 0.6 is 11.8 Å². The van der Waals surface area contributed by atoms with E-state index < -0.39 is 5.97 Å². The number of carbonyl (C=O) groups is 2. The Balaban J connectivity index is 2.34. The van der Waals surface area contributed by atoms with Crippen LogP contribution in [0.5, 0.6) is 0 Å². The quantitative estimate of drug-likeness (QED) is 0.794. The van der Waals surface area contributed by atoms with E-state index in [1.54, 1.807) is 18.5 Å². The van der Waals surface area contributed by atoms with Crippen LogP contribution in [0.2, 0.25) is 0 Å². The fourth-order valence-corrected chi connectivity index (χ4v) is 1.78. The van der Waals surface area contributed by atoms with E-state index in [2.05, 4.69) is 10.3 Å². The number of amides is 1. The van der Waals surface area contributed by atoms with E-state index in [0.29, 0.717) is 0 Å². The molecule has 0 saturated carbocycles. The van der Waals surface area contributed by atoms with Crippen molar-refractivity contribution in [3.63, 3.8) is 0 Å². The molecule has 1 unspecified atom stereocenters. The molecule has 0 aliphatic heterocycles. The summed E-state index contributed by atoms with van der Waals surface area (Å²) in [5.74, 6) is -0.998. The summed E-state index contributed by atoms with van der Waals surface area (Å²) in [6.45, 7) is 1.86. The van der Waals surface area contributed by atoms with Gasteiger partial charge in [-0.25, -0.2) is 0 Å². The number of aromatic nitrogens is 1. The smallest absolute Gasteiger partial charge is 0.313 e. The molecular formula is C11H14N2O3S. The molecule has 2 N–H and O–H groups in total. The lowest BCUT2D eigenvalue weighted by Gasteiger charge is -2.13. The highest BCUT2D eigenvalue weighted by atomic mass is 32.2. The summed E-state index contributed by atoms with van der Waals surface area (Å²) in [5.41, 5.74) is 0.920. The topological polar surface area (TPSA) is 79.3 Å². The fourth-order valence-electron chi connectivity index (χ4n) is 1.23. The molecule has 0 aliphatic carbocycles. The zero-order valence-electron chi connectivity index (χ0n) is 9.42. The van der Waals surface area contributed by atoms with Gasteiger partial charge in [-0.3, -0.25) is 14.6 Å². The average Bonchev–Trinajstić information content (AvgIpc) is 2.29. The van der Waals surface area contributed by atoms with Crippen LogP contribution in [0.3, 0.4) is 0 Å². The van der Waals surface area contributed by atoms with Crippen molar-refractivity contribution in [2.75, 3.05) is 11.5 Å². The molecule has 6 heteroatoms. The molecule has 0 fully saturated rings. The minimum Gasteiger partial charge on any atom is -0.481 e. The average molecular weight is 254 g/mol. The summed E-state index contributed by atoms with van der Waals surface area (Å²) < 4.78 is 0. The van der Waals surface area contributed by atoms with Crippen LogP contribution in [-0.2, 0) is 9.59 Å². The zero-order chi connectivity index (χ0) is 12.7. The van der Waals surface area contributed by atoms with E-state index in [-0.39, 0.29) is 23.5 Å². The van der Waals surface area contributed by atoms with Gasteiger partial charge in [0.05, 0.1) is 17.5 Å². The molecule has 0 aliphatic rings. The number of hydrogen-bond acceptors (Lipinski definition) is 4. The molecule has 17 heavy (non-hydrogen) atoms. The normalized spacial score (nSPS) is 11.8. The predicted molar refractivity (Wildman–Crippen MR) is 65.8 cm³/mol. The highest BCUT2D eigenvalue weighted by Crippen LogP contribution is 2.10. The highest BCUT2D eigenvalue weighted by Gasteiger charge is 2.09. The van der Waals surface area contributed by atoms with Gasteiger partial charge in [0.2, 0.25) is 5.91 Å².